The third-order valence-corrected chi connectivity index (χ3v) is 4.84. The van der Waals surface area contributed by atoms with Crippen molar-refractivity contribution in [3.05, 3.63) is 12.4 Å². The van der Waals surface area contributed by atoms with E-state index in [-0.39, 0.29) is 24.4 Å². The minimum absolute atomic E-state index is 0.282. The molecule has 2 aliphatic heterocycles. The van der Waals surface area contributed by atoms with Gasteiger partial charge in [0.2, 0.25) is 0 Å². The van der Waals surface area contributed by atoms with Crippen molar-refractivity contribution < 1.29 is 14.0 Å². The van der Waals surface area contributed by atoms with Gasteiger partial charge in [0.1, 0.15) is 0 Å². The second kappa shape index (κ2) is 5.41. The smallest absolute Gasteiger partial charge is 0.399 e. The molecule has 0 aromatic carbocycles. The molecular weight excluding hydrogens is 267 g/mol. The summed E-state index contributed by atoms with van der Waals surface area (Å²) >= 11 is 0. The van der Waals surface area contributed by atoms with Crippen LogP contribution in [0, 0.1) is 0 Å². The van der Waals surface area contributed by atoms with E-state index in [9.17, 15) is 0 Å². The van der Waals surface area contributed by atoms with Gasteiger partial charge in [0.25, 0.3) is 0 Å². The Bertz CT molecular complexity index is 479. The number of rotatable bonds is 3. The van der Waals surface area contributed by atoms with Crippen LogP contribution in [0.5, 0.6) is 0 Å². The van der Waals surface area contributed by atoms with E-state index in [1.54, 1.807) is 0 Å². The summed E-state index contributed by atoms with van der Waals surface area (Å²) in [6.45, 7) is 9.93. The standard InChI is InChI=1S/C15H25BN2O3/c1-14(2)15(3,4)21-16(20-14)12-9-17-18(10-12)11-13-7-5-6-8-19-13/h9-10,13H,5-8,11H2,1-4H3/t13-/m1/s1. The predicted molar refractivity (Wildman–Crippen MR) is 81.5 cm³/mol. The van der Waals surface area contributed by atoms with Gasteiger partial charge < -0.3 is 14.0 Å². The van der Waals surface area contributed by atoms with Crippen molar-refractivity contribution in [1.82, 2.24) is 9.78 Å². The molecule has 0 unspecified atom stereocenters. The Morgan fingerprint density at radius 1 is 1.24 bits per heavy atom. The monoisotopic (exact) mass is 292 g/mol. The van der Waals surface area contributed by atoms with E-state index in [1.807, 2.05) is 17.1 Å². The van der Waals surface area contributed by atoms with Crippen molar-refractivity contribution in [2.45, 2.75) is 70.8 Å². The molecule has 0 amide bonds. The van der Waals surface area contributed by atoms with Crippen LogP contribution in [0.2, 0.25) is 0 Å². The largest absolute Gasteiger partial charge is 0.498 e. The number of nitrogens with zero attached hydrogens (tertiary/aromatic N) is 2. The molecule has 116 valence electrons. The third kappa shape index (κ3) is 3.03. The number of aromatic nitrogens is 2. The van der Waals surface area contributed by atoms with Crippen LogP contribution in [0.4, 0.5) is 0 Å². The van der Waals surface area contributed by atoms with Gasteiger partial charge in [0, 0.05) is 24.5 Å². The molecule has 0 spiro atoms. The Morgan fingerprint density at radius 3 is 2.57 bits per heavy atom. The van der Waals surface area contributed by atoms with Crippen LogP contribution < -0.4 is 5.46 Å². The van der Waals surface area contributed by atoms with Gasteiger partial charge in [0.15, 0.2) is 0 Å². The first-order valence-corrected chi connectivity index (χ1v) is 7.87. The quantitative estimate of drug-likeness (QED) is 0.796. The molecule has 1 aromatic heterocycles. The Hall–Kier alpha value is -0.845. The van der Waals surface area contributed by atoms with Gasteiger partial charge in [-0.3, -0.25) is 4.68 Å². The lowest BCUT2D eigenvalue weighted by molar-refractivity contribution is 0.00400. The highest BCUT2D eigenvalue weighted by atomic mass is 16.7. The first-order chi connectivity index (χ1) is 9.87. The zero-order chi connectivity index (χ0) is 15.1. The summed E-state index contributed by atoms with van der Waals surface area (Å²) in [6, 6.07) is 0. The fourth-order valence-corrected chi connectivity index (χ4v) is 2.74. The van der Waals surface area contributed by atoms with Gasteiger partial charge in [-0.05, 0) is 47.0 Å². The van der Waals surface area contributed by atoms with Crippen LogP contribution in [0.25, 0.3) is 0 Å². The van der Waals surface area contributed by atoms with Crippen LogP contribution in [0.1, 0.15) is 47.0 Å². The SMILES string of the molecule is CC1(C)OB(c2cnn(C[C@H]3CCCCO3)c2)OC1(C)C. The maximum absolute atomic E-state index is 6.05. The molecule has 0 N–H and O–H groups in total. The second-order valence-electron chi connectivity index (χ2n) is 7.07. The van der Waals surface area contributed by atoms with Gasteiger partial charge in [-0.25, -0.2) is 0 Å². The molecule has 3 rings (SSSR count). The molecule has 1 atom stereocenters. The molecule has 0 bridgehead atoms. The van der Waals surface area contributed by atoms with Gasteiger partial charge in [-0.15, -0.1) is 0 Å². The lowest BCUT2D eigenvalue weighted by atomic mass is 9.82. The molecule has 2 aliphatic rings. The number of hydrogen-bond acceptors (Lipinski definition) is 4. The molecule has 0 radical (unpaired) electrons. The van der Waals surface area contributed by atoms with Crippen molar-refractivity contribution in [3.8, 4) is 0 Å². The second-order valence-corrected chi connectivity index (χ2v) is 7.07. The average molecular weight is 292 g/mol. The van der Waals surface area contributed by atoms with E-state index in [4.69, 9.17) is 14.0 Å². The molecule has 0 saturated carbocycles. The Labute approximate surface area is 127 Å². The van der Waals surface area contributed by atoms with Crippen molar-refractivity contribution in [1.29, 1.82) is 0 Å². The van der Waals surface area contributed by atoms with Crippen molar-refractivity contribution in [3.63, 3.8) is 0 Å². The zero-order valence-electron chi connectivity index (χ0n) is 13.5. The van der Waals surface area contributed by atoms with Crippen LogP contribution in [-0.2, 0) is 20.6 Å². The van der Waals surface area contributed by atoms with E-state index in [0.29, 0.717) is 0 Å². The summed E-state index contributed by atoms with van der Waals surface area (Å²) in [5, 5.41) is 4.43. The third-order valence-electron chi connectivity index (χ3n) is 4.84. The Balaban J connectivity index is 1.65. The topological polar surface area (TPSA) is 45.5 Å². The number of hydrogen-bond donors (Lipinski definition) is 0. The molecule has 1 aromatic rings. The van der Waals surface area contributed by atoms with Gasteiger partial charge in [-0.1, -0.05) is 0 Å². The highest BCUT2D eigenvalue weighted by Crippen LogP contribution is 2.36. The van der Waals surface area contributed by atoms with Crippen molar-refractivity contribution in [2.75, 3.05) is 6.61 Å². The van der Waals surface area contributed by atoms with Crippen molar-refractivity contribution in [2.24, 2.45) is 0 Å². The molecule has 2 saturated heterocycles. The highest BCUT2D eigenvalue weighted by Gasteiger charge is 2.52. The fraction of sp³-hybridized carbons (Fsp3) is 0.800. The fourth-order valence-electron chi connectivity index (χ4n) is 2.74. The minimum Gasteiger partial charge on any atom is -0.399 e. The first-order valence-electron chi connectivity index (χ1n) is 7.87. The minimum atomic E-state index is -0.337. The lowest BCUT2D eigenvalue weighted by Gasteiger charge is -2.32. The summed E-state index contributed by atoms with van der Waals surface area (Å²) in [5.41, 5.74) is 0.350. The Kier molecular flexibility index (Phi) is 3.88. The Morgan fingerprint density at radius 2 is 1.95 bits per heavy atom. The van der Waals surface area contributed by atoms with E-state index in [0.717, 1.165) is 25.0 Å². The molecule has 5 nitrogen and oxygen atoms in total. The summed E-state index contributed by atoms with van der Waals surface area (Å²) in [6.07, 6.45) is 7.67. The van der Waals surface area contributed by atoms with Crippen LogP contribution in [0.15, 0.2) is 12.4 Å². The number of ether oxygens (including phenoxy) is 1. The molecule has 2 fully saturated rings. The average Bonchev–Trinajstić information content (AvgIpc) is 2.94. The normalized spacial score (nSPS) is 28.0. The van der Waals surface area contributed by atoms with Gasteiger partial charge in [0.05, 0.1) is 23.9 Å². The van der Waals surface area contributed by atoms with Crippen LogP contribution >= 0.6 is 0 Å². The van der Waals surface area contributed by atoms with Gasteiger partial charge >= 0.3 is 7.12 Å². The molecule has 0 aliphatic carbocycles. The highest BCUT2D eigenvalue weighted by molar-refractivity contribution is 6.61. The van der Waals surface area contributed by atoms with Crippen LogP contribution in [0.3, 0.4) is 0 Å². The maximum Gasteiger partial charge on any atom is 0.498 e. The lowest BCUT2D eigenvalue weighted by Crippen LogP contribution is -2.41. The summed E-state index contributed by atoms with van der Waals surface area (Å²) in [4.78, 5) is 0. The molecule has 21 heavy (non-hydrogen) atoms. The van der Waals surface area contributed by atoms with Crippen LogP contribution in [-0.4, -0.2) is 40.8 Å². The van der Waals surface area contributed by atoms with Crippen molar-refractivity contribution >= 4 is 12.6 Å². The van der Waals surface area contributed by atoms with E-state index in [2.05, 4.69) is 32.8 Å². The predicted octanol–water partition coefficient (Wildman–Crippen LogP) is 1.75. The molecular formula is C15H25BN2O3. The summed E-state index contributed by atoms with van der Waals surface area (Å²) in [7, 11) is -0.337. The van der Waals surface area contributed by atoms with Gasteiger partial charge in [-0.2, -0.15) is 5.10 Å². The first kappa shape index (κ1) is 15.1. The molecule has 3 heterocycles. The molecule has 6 heteroatoms. The summed E-state index contributed by atoms with van der Waals surface area (Å²) in [5.74, 6) is 0. The van der Waals surface area contributed by atoms with E-state index >= 15 is 0 Å². The van der Waals surface area contributed by atoms with E-state index in [1.165, 1.54) is 12.8 Å². The van der Waals surface area contributed by atoms with E-state index < -0.39 is 0 Å². The zero-order valence-corrected chi connectivity index (χ0v) is 13.5. The summed E-state index contributed by atoms with van der Waals surface area (Å²) < 4.78 is 19.8. The maximum atomic E-state index is 6.05.